The number of amides is 2. The summed E-state index contributed by atoms with van der Waals surface area (Å²) in [6, 6.07) is 9.28. The molecular formula is C28H33FN2O7. The van der Waals surface area contributed by atoms with E-state index >= 15 is 0 Å². The van der Waals surface area contributed by atoms with Crippen molar-refractivity contribution in [3.8, 4) is 11.5 Å². The van der Waals surface area contributed by atoms with Gasteiger partial charge in [0.15, 0.2) is 17.8 Å². The molecule has 10 heteroatoms. The molecular weight excluding hydrogens is 495 g/mol. The molecule has 0 aromatic heterocycles. The first-order valence-electron chi connectivity index (χ1n) is 12.6. The summed E-state index contributed by atoms with van der Waals surface area (Å²) < 4.78 is 36.6. The predicted octanol–water partition coefficient (Wildman–Crippen LogP) is 4.26. The quantitative estimate of drug-likeness (QED) is 0.511. The molecule has 2 fully saturated rings. The Morgan fingerprint density at radius 3 is 2.61 bits per heavy atom. The maximum absolute atomic E-state index is 14.5. The molecule has 2 amide bonds. The Morgan fingerprint density at radius 2 is 1.95 bits per heavy atom. The Kier molecular flexibility index (Phi) is 8.20. The van der Waals surface area contributed by atoms with Crippen LogP contribution in [0.2, 0.25) is 0 Å². The molecule has 1 N–H and O–H groups in total. The van der Waals surface area contributed by atoms with Crippen LogP contribution in [0.5, 0.6) is 11.5 Å². The van der Waals surface area contributed by atoms with E-state index in [1.807, 2.05) is 12.1 Å². The molecule has 38 heavy (non-hydrogen) atoms. The van der Waals surface area contributed by atoms with E-state index in [-0.39, 0.29) is 42.3 Å². The number of nitrogens with one attached hydrogen (secondary N) is 1. The number of methoxy groups -OCH3 is 1. The van der Waals surface area contributed by atoms with Crippen LogP contribution in [-0.2, 0) is 19.1 Å². The molecule has 0 bridgehead atoms. The van der Waals surface area contributed by atoms with E-state index in [9.17, 15) is 18.8 Å². The molecule has 2 aliphatic heterocycles. The third-order valence-corrected chi connectivity index (χ3v) is 6.23. The molecule has 0 spiro atoms. The maximum atomic E-state index is 14.5. The van der Waals surface area contributed by atoms with Crippen molar-refractivity contribution in [2.45, 2.75) is 57.8 Å². The van der Waals surface area contributed by atoms with E-state index in [1.54, 1.807) is 33.9 Å². The van der Waals surface area contributed by atoms with Crippen LogP contribution < -0.4 is 14.8 Å². The van der Waals surface area contributed by atoms with Gasteiger partial charge in [-0.25, -0.2) is 9.18 Å². The molecule has 0 radical (unpaired) electrons. The monoisotopic (exact) mass is 528 g/mol. The number of hydrogen-bond acceptors (Lipinski definition) is 7. The zero-order chi connectivity index (χ0) is 27.4. The number of benzene rings is 2. The lowest BCUT2D eigenvalue weighted by Gasteiger charge is -2.20. The van der Waals surface area contributed by atoms with Crippen molar-refractivity contribution in [1.82, 2.24) is 4.90 Å². The number of carbonyl (C=O) groups excluding carboxylic acids is 3. The summed E-state index contributed by atoms with van der Waals surface area (Å²) in [5.74, 6) is -1.22. The van der Waals surface area contributed by atoms with Gasteiger partial charge in [0.25, 0.3) is 0 Å². The van der Waals surface area contributed by atoms with Gasteiger partial charge in [0.05, 0.1) is 25.8 Å². The van der Waals surface area contributed by atoms with E-state index in [0.717, 1.165) is 24.5 Å². The van der Waals surface area contributed by atoms with Crippen molar-refractivity contribution in [1.29, 1.82) is 0 Å². The summed E-state index contributed by atoms with van der Waals surface area (Å²) in [6.45, 7) is 5.89. The normalized spacial score (nSPS) is 19.4. The second-order valence-corrected chi connectivity index (χ2v) is 10.4. The van der Waals surface area contributed by atoms with Crippen LogP contribution in [0.4, 0.5) is 10.1 Å². The van der Waals surface area contributed by atoms with Crippen molar-refractivity contribution in [3.63, 3.8) is 0 Å². The third-order valence-electron chi connectivity index (χ3n) is 6.23. The molecule has 2 atom stereocenters. The molecule has 4 rings (SSSR count). The molecule has 2 aromatic rings. The van der Waals surface area contributed by atoms with Gasteiger partial charge in [0.1, 0.15) is 11.4 Å². The molecule has 204 valence electrons. The number of esters is 1. The summed E-state index contributed by atoms with van der Waals surface area (Å²) in [7, 11) is 1.56. The van der Waals surface area contributed by atoms with Crippen molar-refractivity contribution in [2.24, 2.45) is 0 Å². The number of carbonyl (C=O) groups is 3. The summed E-state index contributed by atoms with van der Waals surface area (Å²) in [5.41, 5.74) is 0.0863. The first-order valence-corrected chi connectivity index (χ1v) is 12.6. The van der Waals surface area contributed by atoms with Crippen molar-refractivity contribution >= 4 is 23.5 Å². The zero-order valence-electron chi connectivity index (χ0n) is 22.0. The van der Waals surface area contributed by atoms with Crippen LogP contribution in [0.3, 0.4) is 0 Å². The largest absolute Gasteiger partial charge is 0.493 e. The van der Waals surface area contributed by atoms with Gasteiger partial charge in [-0.3, -0.25) is 9.59 Å². The minimum atomic E-state index is -0.810. The molecule has 0 saturated carbocycles. The highest BCUT2D eigenvalue weighted by molar-refractivity contribution is 5.96. The fraction of sp³-hybridized carbons (Fsp3) is 0.464. The first-order chi connectivity index (χ1) is 18.0. The topological polar surface area (TPSA) is 103 Å². The van der Waals surface area contributed by atoms with Crippen LogP contribution in [0.25, 0.3) is 0 Å². The zero-order valence-corrected chi connectivity index (χ0v) is 22.0. The summed E-state index contributed by atoms with van der Waals surface area (Å²) in [5, 5.41) is 2.59. The fourth-order valence-electron chi connectivity index (χ4n) is 4.44. The number of ether oxygens (including phenoxy) is 4. The maximum Gasteiger partial charge on any atom is 0.341 e. The molecule has 9 nitrogen and oxygen atoms in total. The van der Waals surface area contributed by atoms with Crippen LogP contribution in [0.15, 0.2) is 36.4 Å². The first kappa shape index (κ1) is 27.4. The van der Waals surface area contributed by atoms with Crippen molar-refractivity contribution in [3.05, 3.63) is 53.3 Å². The summed E-state index contributed by atoms with van der Waals surface area (Å²) in [4.78, 5) is 38.9. The SMILES string of the molecule is COc1ccc(C2CC(=O)N(CC(=O)Nc3ccc(C(=O)OC(C)(C)C)c(F)c3)C2)cc1OC1CCCO1. The van der Waals surface area contributed by atoms with Gasteiger partial charge in [0, 0.05) is 31.0 Å². The molecule has 2 aliphatic rings. The second-order valence-electron chi connectivity index (χ2n) is 10.4. The Balaban J connectivity index is 1.36. The van der Waals surface area contributed by atoms with Gasteiger partial charge in [-0.05, 0) is 63.1 Å². The summed E-state index contributed by atoms with van der Waals surface area (Å²) in [6.07, 6.45) is 1.65. The van der Waals surface area contributed by atoms with Gasteiger partial charge in [0.2, 0.25) is 11.8 Å². The number of rotatable bonds is 8. The second kappa shape index (κ2) is 11.4. The Morgan fingerprint density at radius 1 is 1.16 bits per heavy atom. The number of hydrogen-bond donors (Lipinski definition) is 1. The fourth-order valence-corrected chi connectivity index (χ4v) is 4.44. The van der Waals surface area contributed by atoms with E-state index in [2.05, 4.69) is 5.32 Å². The van der Waals surface area contributed by atoms with Crippen LogP contribution in [0.1, 0.15) is 61.9 Å². The van der Waals surface area contributed by atoms with Crippen LogP contribution >= 0.6 is 0 Å². The average Bonchev–Trinajstić information content (AvgIpc) is 3.47. The number of nitrogens with zero attached hydrogens (tertiary/aromatic N) is 1. The van der Waals surface area contributed by atoms with Crippen molar-refractivity contribution < 1.29 is 37.7 Å². The van der Waals surface area contributed by atoms with Gasteiger partial charge in [-0.15, -0.1) is 0 Å². The molecule has 0 aliphatic carbocycles. The highest BCUT2D eigenvalue weighted by Crippen LogP contribution is 2.36. The lowest BCUT2D eigenvalue weighted by atomic mass is 9.98. The van der Waals surface area contributed by atoms with Crippen LogP contribution in [-0.4, -0.2) is 61.4 Å². The number of halogens is 1. The van der Waals surface area contributed by atoms with Gasteiger partial charge in [-0.2, -0.15) is 0 Å². The highest BCUT2D eigenvalue weighted by Gasteiger charge is 2.33. The molecule has 2 unspecified atom stereocenters. The standard InChI is InChI=1S/C28H33FN2O7/c1-28(2,3)38-27(34)20-9-8-19(14-21(20)29)30-24(32)16-31-15-18(13-25(31)33)17-7-10-22(35-4)23(12-17)37-26-6-5-11-36-26/h7-10,12,14,18,26H,5-6,11,13,15-16H2,1-4H3,(H,30,32). The van der Waals surface area contributed by atoms with E-state index in [0.29, 0.717) is 24.7 Å². The number of anilines is 1. The number of likely N-dealkylation sites (tertiary alicyclic amines) is 1. The highest BCUT2D eigenvalue weighted by atomic mass is 19.1. The molecule has 2 aromatic carbocycles. The lowest BCUT2D eigenvalue weighted by Crippen LogP contribution is -2.34. The Bertz CT molecular complexity index is 1200. The molecule has 2 saturated heterocycles. The van der Waals surface area contributed by atoms with Gasteiger partial charge < -0.3 is 29.2 Å². The minimum Gasteiger partial charge on any atom is -0.493 e. The van der Waals surface area contributed by atoms with Crippen LogP contribution in [0, 0.1) is 5.82 Å². The minimum absolute atomic E-state index is 0.126. The van der Waals surface area contributed by atoms with E-state index in [4.69, 9.17) is 18.9 Å². The Labute approximate surface area is 221 Å². The third kappa shape index (κ3) is 6.80. The predicted molar refractivity (Wildman–Crippen MR) is 137 cm³/mol. The average molecular weight is 529 g/mol. The van der Waals surface area contributed by atoms with Gasteiger partial charge >= 0.3 is 5.97 Å². The smallest absolute Gasteiger partial charge is 0.341 e. The van der Waals surface area contributed by atoms with Gasteiger partial charge in [-0.1, -0.05) is 6.07 Å². The lowest BCUT2D eigenvalue weighted by molar-refractivity contribution is -0.131. The summed E-state index contributed by atoms with van der Waals surface area (Å²) >= 11 is 0. The Hall–Kier alpha value is -3.66. The van der Waals surface area contributed by atoms with E-state index in [1.165, 1.54) is 17.0 Å². The van der Waals surface area contributed by atoms with E-state index < -0.39 is 23.3 Å². The van der Waals surface area contributed by atoms with Crippen molar-refractivity contribution in [2.75, 3.05) is 32.1 Å². The molecule has 2 heterocycles.